The van der Waals surface area contributed by atoms with Gasteiger partial charge < -0.3 is 10.2 Å². The van der Waals surface area contributed by atoms with Crippen LogP contribution in [0.1, 0.15) is 31.6 Å². The van der Waals surface area contributed by atoms with Crippen molar-refractivity contribution in [3.63, 3.8) is 0 Å². The molecule has 1 aliphatic rings. The van der Waals surface area contributed by atoms with Crippen LogP contribution in [-0.2, 0) is 0 Å². The highest BCUT2D eigenvalue weighted by Crippen LogP contribution is 2.32. The van der Waals surface area contributed by atoms with Crippen molar-refractivity contribution in [3.8, 4) is 0 Å². The molecule has 1 aromatic heterocycles. The van der Waals surface area contributed by atoms with Gasteiger partial charge in [-0.25, -0.2) is 5.01 Å². The Hall–Kier alpha value is -1.62. The number of hydrazone groups is 1. The largest absolute Gasteiger partial charge is 0.467 e. The predicted molar refractivity (Wildman–Crippen MR) is 71.6 cm³/mol. The van der Waals surface area contributed by atoms with Crippen LogP contribution >= 0.6 is 12.2 Å². The maximum Gasteiger partial charge on any atom is 0.187 e. The standard InChI is InChI=1S/C12H15N3OS/c1-8(2)6-9-7-10(11-4-3-5-16-11)15(14-9)12(13)17/h3-5,10H,1,6-7H2,2H3,(H2,13,17). The Morgan fingerprint density at radius 1 is 1.76 bits per heavy atom. The second-order valence-electron chi connectivity index (χ2n) is 4.22. The van der Waals surface area contributed by atoms with Gasteiger partial charge in [0, 0.05) is 18.6 Å². The third kappa shape index (κ3) is 2.55. The summed E-state index contributed by atoms with van der Waals surface area (Å²) in [5.74, 6) is 0.832. The van der Waals surface area contributed by atoms with Gasteiger partial charge in [-0.3, -0.25) is 0 Å². The lowest BCUT2D eigenvalue weighted by Gasteiger charge is -2.19. The quantitative estimate of drug-likeness (QED) is 0.661. The van der Waals surface area contributed by atoms with E-state index in [2.05, 4.69) is 11.7 Å². The second kappa shape index (κ2) is 4.71. The zero-order valence-electron chi connectivity index (χ0n) is 9.72. The highest BCUT2D eigenvalue weighted by molar-refractivity contribution is 7.80. The maximum absolute atomic E-state index is 5.67. The summed E-state index contributed by atoms with van der Waals surface area (Å²) in [7, 11) is 0. The summed E-state index contributed by atoms with van der Waals surface area (Å²) in [5.41, 5.74) is 7.78. The lowest BCUT2D eigenvalue weighted by molar-refractivity contribution is 0.316. The summed E-state index contributed by atoms with van der Waals surface area (Å²) in [5, 5.41) is 6.34. The van der Waals surface area contributed by atoms with Crippen LogP contribution in [0.4, 0.5) is 0 Å². The minimum atomic E-state index is -0.0168. The number of nitrogens with zero attached hydrogens (tertiary/aromatic N) is 2. The van der Waals surface area contributed by atoms with Gasteiger partial charge in [-0.1, -0.05) is 12.2 Å². The van der Waals surface area contributed by atoms with Crippen molar-refractivity contribution in [2.45, 2.75) is 25.8 Å². The first-order valence-corrected chi connectivity index (χ1v) is 5.81. The lowest BCUT2D eigenvalue weighted by Crippen LogP contribution is -2.31. The number of furan rings is 1. The number of allylic oxidation sites excluding steroid dienone is 1. The van der Waals surface area contributed by atoms with Gasteiger partial charge in [0.25, 0.3) is 0 Å². The molecule has 0 saturated carbocycles. The second-order valence-corrected chi connectivity index (χ2v) is 4.64. The molecular weight excluding hydrogens is 234 g/mol. The molecule has 1 atom stereocenters. The molecule has 0 amide bonds. The summed E-state index contributed by atoms with van der Waals surface area (Å²) in [6.45, 7) is 5.87. The Morgan fingerprint density at radius 2 is 2.53 bits per heavy atom. The fourth-order valence-electron chi connectivity index (χ4n) is 1.93. The van der Waals surface area contributed by atoms with E-state index in [-0.39, 0.29) is 11.2 Å². The molecule has 2 rings (SSSR count). The van der Waals surface area contributed by atoms with Crippen molar-refractivity contribution < 1.29 is 4.42 Å². The molecule has 0 aliphatic carbocycles. The summed E-state index contributed by atoms with van der Waals surface area (Å²) >= 11 is 5.01. The predicted octanol–water partition coefficient (Wildman–Crippen LogP) is 2.59. The average Bonchev–Trinajstić information content (AvgIpc) is 2.82. The molecule has 2 N–H and O–H groups in total. The molecule has 0 spiro atoms. The molecule has 4 nitrogen and oxygen atoms in total. The van der Waals surface area contributed by atoms with E-state index < -0.39 is 0 Å². The average molecular weight is 249 g/mol. The highest BCUT2D eigenvalue weighted by Gasteiger charge is 2.31. The van der Waals surface area contributed by atoms with Crippen LogP contribution in [0.3, 0.4) is 0 Å². The van der Waals surface area contributed by atoms with E-state index in [1.54, 1.807) is 11.3 Å². The first kappa shape index (κ1) is 11.9. The third-order valence-electron chi connectivity index (χ3n) is 2.58. The van der Waals surface area contributed by atoms with Crippen LogP contribution in [0.5, 0.6) is 0 Å². The summed E-state index contributed by atoms with van der Waals surface area (Å²) in [4.78, 5) is 0. The summed E-state index contributed by atoms with van der Waals surface area (Å²) < 4.78 is 5.40. The van der Waals surface area contributed by atoms with Crippen molar-refractivity contribution in [1.82, 2.24) is 5.01 Å². The number of hydrogen-bond donors (Lipinski definition) is 1. The van der Waals surface area contributed by atoms with Crippen LogP contribution in [-0.4, -0.2) is 15.8 Å². The van der Waals surface area contributed by atoms with Crippen molar-refractivity contribution in [3.05, 3.63) is 36.3 Å². The first-order valence-electron chi connectivity index (χ1n) is 5.40. The van der Waals surface area contributed by atoms with Crippen molar-refractivity contribution in [1.29, 1.82) is 0 Å². The Kier molecular flexibility index (Phi) is 3.28. The first-order chi connectivity index (χ1) is 8.08. The molecule has 0 fully saturated rings. The van der Waals surface area contributed by atoms with Gasteiger partial charge in [0.2, 0.25) is 0 Å². The third-order valence-corrected chi connectivity index (χ3v) is 2.76. The van der Waals surface area contributed by atoms with Gasteiger partial charge >= 0.3 is 0 Å². The molecule has 1 aromatic rings. The van der Waals surface area contributed by atoms with E-state index in [9.17, 15) is 0 Å². The molecule has 17 heavy (non-hydrogen) atoms. The number of thiocarbonyl (C=S) groups is 1. The van der Waals surface area contributed by atoms with Gasteiger partial charge in [0.15, 0.2) is 5.11 Å². The van der Waals surface area contributed by atoms with E-state index in [1.807, 2.05) is 19.1 Å². The molecular formula is C12H15N3OS. The van der Waals surface area contributed by atoms with Crippen LogP contribution in [0.25, 0.3) is 0 Å². The van der Waals surface area contributed by atoms with E-state index in [0.717, 1.165) is 29.9 Å². The zero-order valence-corrected chi connectivity index (χ0v) is 10.5. The van der Waals surface area contributed by atoms with E-state index in [1.165, 1.54) is 0 Å². The highest BCUT2D eigenvalue weighted by atomic mass is 32.1. The van der Waals surface area contributed by atoms with Gasteiger partial charge in [-0.2, -0.15) is 5.10 Å². The molecule has 2 heterocycles. The fourth-order valence-corrected chi connectivity index (χ4v) is 2.10. The van der Waals surface area contributed by atoms with Crippen LogP contribution in [0.15, 0.2) is 40.1 Å². The summed E-state index contributed by atoms with van der Waals surface area (Å²) in [6, 6.07) is 3.75. The van der Waals surface area contributed by atoms with E-state index in [0.29, 0.717) is 0 Å². The number of rotatable bonds is 3. The molecule has 0 bridgehead atoms. The minimum Gasteiger partial charge on any atom is -0.467 e. The van der Waals surface area contributed by atoms with Crippen molar-refractivity contribution >= 4 is 23.0 Å². The van der Waals surface area contributed by atoms with Gasteiger partial charge in [-0.15, -0.1) is 0 Å². The van der Waals surface area contributed by atoms with Crippen molar-refractivity contribution in [2.75, 3.05) is 0 Å². The Bertz CT molecular complexity index is 464. The van der Waals surface area contributed by atoms with Crippen LogP contribution in [0.2, 0.25) is 0 Å². The molecule has 5 heteroatoms. The van der Waals surface area contributed by atoms with Gasteiger partial charge in [0.05, 0.1) is 6.26 Å². The molecule has 1 aliphatic heterocycles. The molecule has 90 valence electrons. The van der Waals surface area contributed by atoms with Gasteiger partial charge in [0.1, 0.15) is 11.8 Å². The van der Waals surface area contributed by atoms with E-state index in [4.69, 9.17) is 22.4 Å². The van der Waals surface area contributed by atoms with E-state index >= 15 is 0 Å². The number of hydrogen-bond acceptors (Lipinski definition) is 3. The Labute approximate surface area is 106 Å². The Balaban J connectivity index is 2.20. The normalized spacial score (nSPS) is 19.2. The van der Waals surface area contributed by atoms with Gasteiger partial charge in [-0.05, 0) is 31.3 Å². The molecule has 0 radical (unpaired) electrons. The topological polar surface area (TPSA) is 54.8 Å². The number of nitrogens with two attached hydrogens (primary N) is 1. The minimum absolute atomic E-state index is 0.0168. The summed E-state index contributed by atoms with van der Waals surface area (Å²) in [6.07, 6.45) is 3.19. The lowest BCUT2D eigenvalue weighted by atomic mass is 10.0. The fraction of sp³-hybridized carbons (Fsp3) is 0.333. The Morgan fingerprint density at radius 3 is 3.06 bits per heavy atom. The van der Waals surface area contributed by atoms with Crippen LogP contribution in [0, 0.1) is 0 Å². The van der Waals surface area contributed by atoms with Crippen molar-refractivity contribution in [2.24, 2.45) is 10.8 Å². The molecule has 0 aromatic carbocycles. The van der Waals surface area contributed by atoms with Crippen LogP contribution < -0.4 is 5.73 Å². The zero-order chi connectivity index (χ0) is 12.4. The monoisotopic (exact) mass is 249 g/mol. The SMILES string of the molecule is C=C(C)CC1=NN(C(N)=S)C(c2ccco2)C1. The maximum atomic E-state index is 5.67. The smallest absolute Gasteiger partial charge is 0.187 e. The molecule has 1 unspecified atom stereocenters. The molecule has 0 saturated heterocycles.